The molecule has 2 aromatic carbocycles. The molecule has 0 aliphatic carbocycles. The first-order valence-corrected chi connectivity index (χ1v) is 10.6. The van der Waals surface area contributed by atoms with E-state index in [1.54, 1.807) is 0 Å². The van der Waals surface area contributed by atoms with Gasteiger partial charge in [0.2, 0.25) is 0 Å². The number of hydrogen-bond acceptors (Lipinski definition) is 7. The zero-order valence-electron chi connectivity index (χ0n) is 16.8. The van der Waals surface area contributed by atoms with Gasteiger partial charge in [-0.1, -0.05) is 34.7 Å². The van der Waals surface area contributed by atoms with Crippen LogP contribution in [0.25, 0.3) is 11.3 Å². The third-order valence-corrected chi connectivity index (χ3v) is 6.38. The Balaban J connectivity index is 1.63. The molecule has 1 aliphatic heterocycles. The van der Waals surface area contributed by atoms with Gasteiger partial charge in [-0.15, -0.1) is 5.10 Å². The lowest BCUT2D eigenvalue weighted by Crippen LogP contribution is -2.55. The summed E-state index contributed by atoms with van der Waals surface area (Å²) in [6, 6.07) is 7.99. The first kappa shape index (κ1) is 22.7. The van der Waals surface area contributed by atoms with Crippen molar-refractivity contribution < 1.29 is 33.2 Å². The van der Waals surface area contributed by atoms with E-state index in [0.717, 1.165) is 27.3 Å². The largest absolute Gasteiger partial charge is 0.394 e. The van der Waals surface area contributed by atoms with Gasteiger partial charge in [-0.05, 0) is 31.2 Å². The Labute approximate surface area is 185 Å². The Kier molecular flexibility index (Phi) is 6.54. The summed E-state index contributed by atoms with van der Waals surface area (Å²) >= 11 is 1.21. The number of aromatic nitrogens is 3. The molecule has 11 heteroatoms. The minimum absolute atomic E-state index is 0.0111. The van der Waals surface area contributed by atoms with Crippen LogP contribution in [-0.4, -0.2) is 60.7 Å². The molecule has 1 saturated heterocycles. The van der Waals surface area contributed by atoms with Crippen molar-refractivity contribution in [3.63, 3.8) is 0 Å². The lowest BCUT2D eigenvalue weighted by atomic mass is 9.97. The third-order valence-electron chi connectivity index (χ3n) is 5.22. The third kappa shape index (κ3) is 4.39. The van der Waals surface area contributed by atoms with E-state index in [4.69, 9.17) is 4.74 Å². The molecule has 0 radical (unpaired) electrons. The Bertz CT molecular complexity index is 1080. The summed E-state index contributed by atoms with van der Waals surface area (Å²) in [6.45, 7) is 1.43. The van der Waals surface area contributed by atoms with Crippen LogP contribution in [-0.2, 0) is 4.74 Å². The number of halogens is 3. The van der Waals surface area contributed by atoms with Crippen molar-refractivity contribution in [2.45, 2.75) is 41.6 Å². The number of benzene rings is 2. The molecule has 1 aliphatic rings. The van der Waals surface area contributed by atoms with E-state index in [9.17, 15) is 28.5 Å². The fraction of sp³-hybridized carbons (Fsp3) is 0.333. The van der Waals surface area contributed by atoms with E-state index < -0.39 is 53.8 Å². The molecular formula is C21H20F3N3O4S. The zero-order valence-corrected chi connectivity index (χ0v) is 17.6. The highest BCUT2D eigenvalue weighted by molar-refractivity contribution is 7.99. The van der Waals surface area contributed by atoms with Crippen LogP contribution in [0.5, 0.6) is 0 Å². The summed E-state index contributed by atoms with van der Waals surface area (Å²) in [5.74, 6) is -4.36. The first-order valence-electron chi connectivity index (χ1n) is 9.71. The average Bonchev–Trinajstić information content (AvgIpc) is 3.25. The zero-order chi connectivity index (χ0) is 23.0. The van der Waals surface area contributed by atoms with Crippen LogP contribution in [0.1, 0.15) is 11.6 Å². The molecule has 0 saturated carbocycles. The van der Waals surface area contributed by atoms with E-state index >= 15 is 0 Å². The summed E-state index contributed by atoms with van der Waals surface area (Å²) < 4.78 is 47.3. The van der Waals surface area contributed by atoms with Gasteiger partial charge in [0.25, 0.3) is 0 Å². The molecule has 7 nitrogen and oxygen atoms in total. The summed E-state index contributed by atoms with van der Waals surface area (Å²) in [4.78, 5) is 0.808. The van der Waals surface area contributed by atoms with Crippen LogP contribution < -0.4 is 0 Å². The number of thioether (sulfide) groups is 1. The number of nitrogens with zero attached hydrogens (tertiary/aromatic N) is 3. The SMILES string of the molecule is Cc1ccc(S[C@H]2OC(CO)[C@H](O)[C@H](n3cc(-c4cc(F)c(F)c(F)c4)nn3)C2O)cc1. The van der Waals surface area contributed by atoms with Gasteiger partial charge in [-0.3, -0.25) is 0 Å². The second-order valence-electron chi connectivity index (χ2n) is 7.47. The molecule has 0 bridgehead atoms. The summed E-state index contributed by atoms with van der Waals surface area (Å²) in [5.41, 5.74) is 0.159. The summed E-state index contributed by atoms with van der Waals surface area (Å²) in [5, 5.41) is 39.0. The van der Waals surface area contributed by atoms with Gasteiger partial charge >= 0.3 is 0 Å². The van der Waals surface area contributed by atoms with Crippen molar-refractivity contribution in [2.24, 2.45) is 0 Å². The molecule has 32 heavy (non-hydrogen) atoms. The molecule has 3 aromatic rings. The number of aryl methyl sites for hydroxylation is 1. The smallest absolute Gasteiger partial charge is 0.194 e. The normalized spacial score (nSPS) is 25.8. The Morgan fingerprint density at radius 1 is 1.06 bits per heavy atom. The molecule has 2 heterocycles. The number of hydrogen-bond donors (Lipinski definition) is 3. The minimum atomic E-state index is -1.60. The van der Waals surface area contributed by atoms with Gasteiger partial charge in [-0.25, -0.2) is 17.9 Å². The van der Waals surface area contributed by atoms with Crippen molar-refractivity contribution in [3.8, 4) is 11.3 Å². The van der Waals surface area contributed by atoms with Crippen LogP contribution in [0.4, 0.5) is 13.2 Å². The molecule has 2 unspecified atom stereocenters. The number of aliphatic hydroxyl groups is 3. The highest BCUT2D eigenvalue weighted by Crippen LogP contribution is 2.38. The number of rotatable bonds is 5. The molecule has 1 aromatic heterocycles. The fourth-order valence-corrected chi connectivity index (χ4v) is 4.55. The quantitative estimate of drug-likeness (QED) is 0.496. The second-order valence-corrected chi connectivity index (χ2v) is 8.64. The average molecular weight is 467 g/mol. The second kappa shape index (κ2) is 9.20. The van der Waals surface area contributed by atoms with Crippen LogP contribution in [0.2, 0.25) is 0 Å². The van der Waals surface area contributed by atoms with Gasteiger partial charge in [0.15, 0.2) is 17.5 Å². The minimum Gasteiger partial charge on any atom is -0.394 e. The standard InChI is InChI=1S/C21H20F3N3O4S/c1-10-2-4-12(5-3-10)32-21-20(30)18(19(29)16(9-28)31-21)27-8-15(25-26-27)11-6-13(22)17(24)14(23)7-11/h2-8,16,18-21,28-30H,9H2,1H3/t16?,18-,19-,20?,21+/m0/s1. The topological polar surface area (TPSA) is 101 Å². The number of ether oxygens (including phenoxy) is 1. The van der Waals surface area contributed by atoms with Gasteiger partial charge in [0.1, 0.15) is 35.5 Å². The predicted octanol–water partition coefficient (Wildman–Crippen LogP) is 2.44. The van der Waals surface area contributed by atoms with Gasteiger partial charge < -0.3 is 20.1 Å². The molecule has 0 amide bonds. The maximum absolute atomic E-state index is 13.6. The molecular weight excluding hydrogens is 447 g/mol. The molecule has 4 rings (SSSR count). The summed E-state index contributed by atoms with van der Waals surface area (Å²) in [7, 11) is 0. The van der Waals surface area contributed by atoms with Crippen molar-refractivity contribution in [3.05, 3.63) is 65.6 Å². The Morgan fingerprint density at radius 2 is 1.72 bits per heavy atom. The molecule has 0 spiro atoms. The van der Waals surface area contributed by atoms with Gasteiger partial charge in [0.05, 0.1) is 12.8 Å². The monoisotopic (exact) mass is 467 g/mol. The highest BCUT2D eigenvalue weighted by Gasteiger charge is 2.46. The fourth-order valence-electron chi connectivity index (χ4n) is 3.49. The predicted molar refractivity (Wildman–Crippen MR) is 109 cm³/mol. The lowest BCUT2D eigenvalue weighted by Gasteiger charge is -2.41. The maximum Gasteiger partial charge on any atom is 0.194 e. The Hall–Kier alpha value is -2.44. The molecule has 5 atom stereocenters. The first-order chi connectivity index (χ1) is 15.3. The van der Waals surface area contributed by atoms with Gasteiger partial charge in [-0.2, -0.15) is 0 Å². The van der Waals surface area contributed by atoms with E-state index in [-0.39, 0.29) is 11.3 Å². The molecule has 3 N–H and O–H groups in total. The maximum atomic E-state index is 13.6. The van der Waals surface area contributed by atoms with Crippen LogP contribution >= 0.6 is 11.8 Å². The van der Waals surface area contributed by atoms with Gasteiger partial charge in [0, 0.05) is 10.5 Å². The van der Waals surface area contributed by atoms with Crippen molar-refractivity contribution in [1.29, 1.82) is 0 Å². The van der Waals surface area contributed by atoms with Crippen LogP contribution in [0.15, 0.2) is 47.5 Å². The van der Waals surface area contributed by atoms with E-state index in [0.29, 0.717) is 0 Å². The van der Waals surface area contributed by atoms with Crippen molar-refractivity contribution in [1.82, 2.24) is 15.0 Å². The molecule has 170 valence electrons. The van der Waals surface area contributed by atoms with Crippen LogP contribution in [0.3, 0.4) is 0 Å². The highest BCUT2D eigenvalue weighted by atomic mass is 32.2. The Morgan fingerprint density at radius 3 is 2.34 bits per heavy atom. The van der Waals surface area contributed by atoms with E-state index in [1.165, 1.54) is 18.0 Å². The lowest BCUT2D eigenvalue weighted by molar-refractivity contribution is -0.178. The van der Waals surface area contributed by atoms with Crippen molar-refractivity contribution >= 4 is 11.8 Å². The summed E-state index contributed by atoms with van der Waals surface area (Å²) in [6.07, 6.45) is -2.35. The molecule has 1 fully saturated rings. The van der Waals surface area contributed by atoms with E-state index in [2.05, 4.69) is 10.3 Å². The van der Waals surface area contributed by atoms with E-state index in [1.807, 2.05) is 31.2 Å². The van der Waals surface area contributed by atoms with Crippen LogP contribution in [0, 0.1) is 24.4 Å². The number of aliphatic hydroxyl groups excluding tert-OH is 3. The van der Waals surface area contributed by atoms with Crippen molar-refractivity contribution in [2.75, 3.05) is 6.61 Å².